The van der Waals surface area contributed by atoms with E-state index < -0.39 is 0 Å². The summed E-state index contributed by atoms with van der Waals surface area (Å²) in [5.74, 6) is 0.455. The third-order valence-electron chi connectivity index (χ3n) is 2.34. The number of carbonyl (C=O) groups excluding carboxylic acids is 1. The molecule has 1 N–H and O–H groups in total. The van der Waals surface area contributed by atoms with Gasteiger partial charge in [0.2, 0.25) is 5.91 Å². The Bertz CT molecular complexity index is 406. The van der Waals surface area contributed by atoms with Gasteiger partial charge in [-0.1, -0.05) is 19.9 Å². The highest BCUT2D eigenvalue weighted by Gasteiger charge is 2.30. The van der Waals surface area contributed by atoms with E-state index in [0.29, 0.717) is 5.92 Å². The van der Waals surface area contributed by atoms with Crippen molar-refractivity contribution in [1.29, 1.82) is 0 Å². The molecule has 1 aromatic rings. The van der Waals surface area contributed by atoms with E-state index in [1.807, 2.05) is 18.2 Å². The number of para-hydroxylation sites is 1. The summed E-state index contributed by atoms with van der Waals surface area (Å²) in [5.41, 5.74) is 0.907. The highest BCUT2D eigenvalue weighted by atomic mass is 79.9. The van der Waals surface area contributed by atoms with Gasteiger partial charge in [-0.15, -0.1) is 11.8 Å². The predicted octanol–water partition coefficient (Wildman–Crippen LogP) is 3.52. The standard InChI is InChI=1S/C11H12BrNOS/c1-6(2)10-11(14)13-9-7(12)4-3-5-8(9)15-10/h3-6,10H,1-2H3,(H,13,14). The van der Waals surface area contributed by atoms with Crippen molar-refractivity contribution in [2.24, 2.45) is 5.92 Å². The van der Waals surface area contributed by atoms with Gasteiger partial charge in [0, 0.05) is 9.37 Å². The SMILES string of the molecule is CC(C)C1Sc2cccc(Br)c2NC1=O. The van der Waals surface area contributed by atoms with Gasteiger partial charge in [-0.05, 0) is 34.0 Å². The molecule has 2 rings (SSSR count). The van der Waals surface area contributed by atoms with Gasteiger partial charge in [-0.3, -0.25) is 4.79 Å². The third-order valence-corrected chi connectivity index (χ3v) is 4.61. The topological polar surface area (TPSA) is 29.1 Å². The molecule has 1 atom stereocenters. The van der Waals surface area contributed by atoms with Crippen molar-refractivity contribution in [3.63, 3.8) is 0 Å². The van der Waals surface area contributed by atoms with Crippen molar-refractivity contribution >= 4 is 39.3 Å². The van der Waals surface area contributed by atoms with Crippen LogP contribution in [0.4, 0.5) is 5.69 Å². The molecule has 0 saturated carbocycles. The average molecular weight is 286 g/mol. The third kappa shape index (κ3) is 2.06. The van der Waals surface area contributed by atoms with E-state index in [-0.39, 0.29) is 11.2 Å². The maximum Gasteiger partial charge on any atom is 0.238 e. The second-order valence-electron chi connectivity index (χ2n) is 3.88. The van der Waals surface area contributed by atoms with Crippen molar-refractivity contribution in [1.82, 2.24) is 0 Å². The van der Waals surface area contributed by atoms with Gasteiger partial charge in [0.25, 0.3) is 0 Å². The van der Waals surface area contributed by atoms with Crippen LogP contribution in [0.2, 0.25) is 0 Å². The zero-order valence-electron chi connectivity index (χ0n) is 8.58. The van der Waals surface area contributed by atoms with Crippen LogP contribution >= 0.6 is 27.7 Å². The monoisotopic (exact) mass is 285 g/mol. The lowest BCUT2D eigenvalue weighted by molar-refractivity contribution is -0.116. The van der Waals surface area contributed by atoms with Crippen molar-refractivity contribution < 1.29 is 4.79 Å². The van der Waals surface area contributed by atoms with Crippen LogP contribution in [0.5, 0.6) is 0 Å². The number of hydrogen-bond donors (Lipinski definition) is 1. The van der Waals surface area contributed by atoms with Crippen molar-refractivity contribution in [3.8, 4) is 0 Å². The van der Waals surface area contributed by atoms with Crippen LogP contribution in [-0.4, -0.2) is 11.2 Å². The molecule has 80 valence electrons. The average Bonchev–Trinajstić information content (AvgIpc) is 2.18. The summed E-state index contributed by atoms with van der Waals surface area (Å²) < 4.78 is 0.947. The smallest absolute Gasteiger partial charge is 0.238 e. The molecule has 1 amide bonds. The number of hydrogen-bond acceptors (Lipinski definition) is 2. The van der Waals surface area contributed by atoms with Crippen molar-refractivity contribution in [2.45, 2.75) is 24.0 Å². The first kappa shape index (κ1) is 11.0. The van der Waals surface area contributed by atoms with Crippen LogP contribution in [0.1, 0.15) is 13.8 Å². The van der Waals surface area contributed by atoms with Gasteiger partial charge in [0.05, 0.1) is 10.9 Å². The first-order valence-corrected chi connectivity index (χ1v) is 6.53. The molecule has 4 heteroatoms. The minimum Gasteiger partial charge on any atom is -0.323 e. The number of carbonyl (C=O) groups is 1. The molecule has 0 fully saturated rings. The molecule has 0 saturated heterocycles. The molecule has 1 unspecified atom stereocenters. The molecule has 15 heavy (non-hydrogen) atoms. The Morgan fingerprint density at radius 3 is 2.87 bits per heavy atom. The van der Waals surface area contributed by atoms with E-state index in [1.54, 1.807) is 11.8 Å². The Morgan fingerprint density at radius 1 is 1.47 bits per heavy atom. The first-order valence-electron chi connectivity index (χ1n) is 4.85. The lowest BCUT2D eigenvalue weighted by atomic mass is 10.1. The number of halogens is 1. The zero-order valence-corrected chi connectivity index (χ0v) is 11.0. The maximum atomic E-state index is 11.8. The summed E-state index contributed by atoms with van der Waals surface area (Å²) >= 11 is 5.08. The number of amides is 1. The van der Waals surface area contributed by atoms with Gasteiger partial charge in [-0.2, -0.15) is 0 Å². The second-order valence-corrected chi connectivity index (χ2v) is 5.92. The Kier molecular flexibility index (Phi) is 3.07. The summed E-state index contributed by atoms with van der Waals surface area (Å²) in [5, 5.41) is 2.97. The molecule has 0 radical (unpaired) electrons. The normalized spacial score (nSPS) is 20.0. The molecule has 1 aromatic carbocycles. The fourth-order valence-electron chi connectivity index (χ4n) is 1.55. The van der Waals surface area contributed by atoms with E-state index in [9.17, 15) is 4.79 Å². The van der Waals surface area contributed by atoms with Crippen LogP contribution in [-0.2, 0) is 4.79 Å². The van der Waals surface area contributed by atoms with E-state index in [2.05, 4.69) is 35.1 Å². The Hall–Kier alpha value is -0.480. The molecule has 2 nitrogen and oxygen atoms in total. The van der Waals surface area contributed by atoms with Crippen molar-refractivity contribution in [3.05, 3.63) is 22.7 Å². The van der Waals surface area contributed by atoms with Crippen LogP contribution < -0.4 is 5.32 Å². The molecule has 1 aliphatic heterocycles. The number of fused-ring (bicyclic) bond motifs is 1. The molecular formula is C11H12BrNOS. The van der Waals surface area contributed by atoms with Gasteiger partial charge >= 0.3 is 0 Å². The summed E-state index contributed by atoms with van der Waals surface area (Å²) in [6.45, 7) is 4.14. The summed E-state index contributed by atoms with van der Waals surface area (Å²) in [4.78, 5) is 12.9. The highest BCUT2D eigenvalue weighted by Crippen LogP contribution is 2.41. The lowest BCUT2D eigenvalue weighted by Crippen LogP contribution is -2.32. The van der Waals surface area contributed by atoms with Crippen LogP contribution in [0.3, 0.4) is 0 Å². The van der Waals surface area contributed by atoms with E-state index in [0.717, 1.165) is 15.1 Å². The number of anilines is 1. The van der Waals surface area contributed by atoms with Crippen LogP contribution in [0.25, 0.3) is 0 Å². The molecule has 0 spiro atoms. The summed E-state index contributed by atoms with van der Waals surface area (Å²) in [6.07, 6.45) is 0. The minimum absolute atomic E-state index is 0.0202. The molecular weight excluding hydrogens is 274 g/mol. The van der Waals surface area contributed by atoms with E-state index in [1.165, 1.54) is 0 Å². The Balaban J connectivity index is 2.38. The molecule has 1 aliphatic rings. The predicted molar refractivity (Wildman–Crippen MR) is 67.3 cm³/mol. The second kappa shape index (κ2) is 4.18. The van der Waals surface area contributed by atoms with E-state index >= 15 is 0 Å². The Morgan fingerprint density at radius 2 is 2.20 bits per heavy atom. The summed E-state index contributed by atoms with van der Waals surface area (Å²) in [6, 6.07) is 5.97. The fourth-order valence-corrected chi connectivity index (χ4v) is 3.29. The highest BCUT2D eigenvalue weighted by molar-refractivity contribution is 9.10. The number of nitrogens with one attached hydrogen (secondary N) is 1. The number of benzene rings is 1. The van der Waals surface area contributed by atoms with Gasteiger partial charge in [-0.25, -0.2) is 0 Å². The molecule has 1 heterocycles. The van der Waals surface area contributed by atoms with Gasteiger partial charge < -0.3 is 5.32 Å². The Labute approximate surface area is 102 Å². The van der Waals surface area contributed by atoms with Crippen LogP contribution in [0, 0.1) is 5.92 Å². The summed E-state index contributed by atoms with van der Waals surface area (Å²) in [7, 11) is 0. The largest absolute Gasteiger partial charge is 0.323 e. The molecule has 0 aliphatic carbocycles. The molecule has 0 aromatic heterocycles. The number of rotatable bonds is 1. The fraction of sp³-hybridized carbons (Fsp3) is 0.364. The molecule has 0 bridgehead atoms. The minimum atomic E-state index is 0.0202. The maximum absolute atomic E-state index is 11.8. The van der Waals surface area contributed by atoms with Crippen LogP contribution in [0.15, 0.2) is 27.6 Å². The van der Waals surface area contributed by atoms with E-state index in [4.69, 9.17) is 0 Å². The van der Waals surface area contributed by atoms with Gasteiger partial charge in [0.1, 0.15) is 0 Å². The van der Waals surface area contributed by atoms with Gasteiger partial charge in [0.15, 0.2) is 0 Å². The van der Waals surface area contributed by atoms with Crippen molar-refractivity contribution in [2.75, 3.05) is 5.32 Å². The zero-order chi connectivity index (χ0) is 11.0. The lowest BCUT2D eigenvalue weighted by Gasteiger charge is -2.27. The number of thioether (sulfide) groups is 1. The quantitative estimate of drug-likeness (QED) is 0.856. The first-order chi connectivity index (χ1) is 7.09.